The molecule has 0 unspecified atom stereocenters. The summed E-state index contributed by atoms with van der Waals surface area (Å²) >= 11 is 4.87. The second kappa shape index (κ2) is 7.67. The van der Waals surface area contributed by atoms with Crippen LogP contribution >= 0.6 is 12.2 Å². The van der Waals surface area contributed by atoms with E-state index in [2.05, 4.69) is 68.6 Å². The molecule has 128 valence electrons. The van der Waals surface area contributed by atoms with Gasteiger partial charge in [-0.1, -0.05) is 57.2 Å². The number of benzene rings is 2. The molecular weight excluding hydrogens is 316 g/mol. The van der Waals surface area contributed by atoms with Crippen LogP contribution in [0.3, 0.4) is 0 Å². The predicted molar refractivity (Wildman–Crippen MR) is 105 cm³/mol. The van der Waals surface area contributed by atoms with Crippen LogP contribution in [0, 0.1) is 0 Å². The average Bonchev–Trinajstić information content (AvgIpc) is 2.53. The number of nitrogens with two attached hydrogens (primary N) is 1. The summed E-state index contributed by atoms with van der Waals surface area (Å²) in [6.45, 7) is 9.83. The first kappa shape index (κ1) is 18.3. The van der Waals surface area contributed by atoms with Crippen molar-refractivity contribution in [2.75, 3.05) is 6.61 Å². The number of rotatable bonds is 5. The monoisotopic (exact) mass is 342 g/mol. The highest BCUT2D eigenvalue weighted by Gasteiger charge is 2.13. The third kappa shape index (κ3) is 4.71. The largest absolute Gasteiger partial charge is 0.494 e. The van der Waals surface area contributed by atoms with Gasteiger partial charge in [0.15, 0.2) is 5.11 Å². The third-order valence-corrected chi connectivity index (χ3v) is 4.05. The highest BCUT2D eigenvalue weighted by Crippen LogP contribution is 2.30. The average molecular weight is 343 g/mol. The lowest BCUT2D eigenvalue weighted by Crippen LogP contribution is -2.28. The second-order valence-electron chi connectivity index (χ2n) is 6.80. The standard InChI is InChI=1S/C20H26N2OS/c1-5-23-18-12-15(6-7-16(18)13-22-19(21)24)14-8-10-17(11-9-14)20(2,3)4/h6-12H,5,13H2,1-4H3,(H3,21,22,24). The predicted octanol–water partition coefficient (Wildman–Crippen LogP) is 4.38. The molecule has 3 nitrogen and oxygen atoms in total. The van der Waals surface area contributed by atoms with Gasteiger partial charge < -0.3 is 15.8 Å². The molecular formula is C20H26N2OS. The quantitative estimate of drug-likeness (QED) is 0.792. The van der Waals surface area contributed by atoms with Gasteiger partial charge in [-0.15, -0.1) is 0 Å². The van der Waals surface area contributed by atoms with Crippen LogP contribution in [-0.2, 0) is 12.0 Å². The minimum Gasteiger partial charge on any atom is -0.494 e. The van der Waals surface area contributed by atoms with Crippen molar-refractivity contribution in [2.24, 2.45) is 5.73 Å². The first-order valence-electron chi connectivity index (χ1n) is 8.21. The molecule has 0 radical (unpaired) electrons. The van der Waals surface area contributed by atoms with Crippen molar-refractivity contribution in [3.8, 4) is 16.9 Å². The van der Waals surface area contributed by atoms with Gasteiger partial charge in [0.05, 0.1) is 6.61 Å². The van der Waals surface area contributed by atoms with E-state index in [4.69, 9.17) is 22.7 Å². The van der Waals surface area contributed by atoms with Crippen LogP contribution in [0.15, 0.2) is 42.5 Å². The van der Waals surface area contributed by atoms with Gasteiger partial charge in [0.25, 0.3) is 0 Å². The topological polar surface area (TPSA) is 47.3 Å². The Balaban J connectivity index is 2.30. The van der Waals surface area contributed by atoms with Crippen LogP contribution < -0.4 is 15.8 Å². The summed E-state index contributed by atoms with van der Waals surface area (Å²) in [4.78, 5) is 0. The van der Waals surface area contributed by atoms with Gasteiger partial charge >= 0.3 is 0 Å². The molecule has 0 aromatic heterocycles. The fourth-order valence-corrected chi connectivity index (χ4v) is 2.59. The van der Waals surface area contributed by atoms with E-state index < -0.39 is 0 Å². The van der Waals surface area contributed by atoms with Crippen molar-refractivity contribution in [3.05, 3.63) is 53.6 Å². The van der Waals surface area contributed by atoms with Crippen molar-refractivity contribution in [1.29, 1.82) is 0 Å². The first-order valence-corrected chi connectivity index (χ1v) is 8.62. The van der Waals surface area contributed by atoms with E-state index in [0.29, 0.717) is 18.3 Å². The molecule has 2 aromatic rings. The summed E-state index contributed by atoms with van der Waals surface area (Å²) in [5.41, 5.74) is 10.4. The Hall–Kier alpha value is -2.07. The summed E-state index contributed by atoms with van der Waals surface area (Å²) in [6, 6.07) is 15.0. The van der Waals surface area contributed by atoms with Crippen LogP contribution in [-0.4, -0.2) is 11.7 Å². The molecule has 2 aromatic carbocycles. The minimum absolute atomic E-state index is 0.158. The maximum atomic E-state index is 5.79. The molecule has 0 aliphatic carbocycles. The van der Waals surface area contributed by atoms with Gasteiger partial charge in [-0.25, -0.2) is 0 Å². The van der Waals surface area contributed by atoms with Crippen LogP contribution in [0.4, 0.5) is 0 Å². The molecule has 2 rings (SSSR count). The summed E-state index contributed by atoms with van der Waals surface area (Å²) in [5.74, 6) is 0.860. The van der Waals surface area contributed by atoms with E-state index in [0.717, 1.165) is 16.9 Å². The van der Waals surface area contributed by atoms with Gasteiger partial charge in [0.2, 0.25) is 0 Å². The highest BCUT2D eigenvalue weighted by atomic mass is 32.1. The maximum Gasteiger partial charge on any atom is 0.163 e. The Bertz CT molecular complexity index is 703. The summed E-state index contributed by atoms with van der Waals surface area (Å²) < 4.78 is 5.79. The van der Waals surface area contributed by atoms with E-state index in [1.54, 1.807) is 0 Å². The van der Waals surface area contributed by atoms with Crippen molar-refractivity contribution < 1.29 is 4.74 Å². The number of hydrogen-bond acceptors (Lipinski definition) is 2. The lowest BCUT2D eigenvalue weighted by Gasteiger charge is -2.19. The number of nitrogens with one attached hydrogen (secondary N) is 1. The number of ether oxygens (including phenoxy) is 1. The Morgan fingerprint density at radius 1 is 1.08 bits per heavy atom. The maximum absolute atomic E-state index is 5.79. The fraction of sp³-hybridized carbons (Fsp3) is 0.350. The molecule has 0 fully saturated rings. The van der Waals surface area contributed by atoms with Crippen LogP contribution in [0.2, 0.25) is 0 Å². The van der Waals surface area contributed by atoms with E-state index in [1.807, 2.05) is 6.92 Å². The molecule has 3 N–H and O–H groups in total. The van der Waals surface area contributed by atoms with Crippen molar-refractivity contribution in [3.63, 3.8) is 0 Å². The molecule has 0 spiro atoms. The van der Waals surface area contributed by atoms with Crippen LogP contribution in [0.5, 0.6) is 5.75 Å². The zero-order valence-corrected chi connectivity index (χ0v) is 15.7. The normalized spacial score (nSPS) is 11.2. The van der Waals surface area contributed by atoms with E-state index in [-0.39, 0.29) is 5.41 Å². The number of thiocarbonyl (C=S) groups is 1. The van der Waals surface area contributed by atoms with Crippen molar-refractivity contribution in [2.45, 2.75) is 39.7 Å². The number of hydrogen-bond donors (Lipinski definition) is 2. The zero-order chi connectivity index (χ0) is 17.7. The summed E-state index contributed by atoms with van der Waals surface area (Å²) in [5, 5.41) is 3.26. The summed E-state index contributed by atoms with van der Waals surface area (Å²) in [7, 11) is 0. The van der Waals surface area contributed by atoms with E-state index in [1.165, 1.54) is 11.1 Å². The van der Waals surface area contributed by atoms with Gasteiger partial charge in [-0.3, -0.25) is 0 Å². The Labute approximate surface area is 150 Å². The molecule has 4 heteroatoms. The molecule has 24 heavy (non-hydrogen) atoms. The molecule has 0 aliphatic heterocycles. The Morgan fingerprint density at radius 3 is 2.25 bits per heavy atom. The Kier molecular flexibility index (Phi) is 5.84. The first-order chi connectivity index (χ1) is 11.3. The molecule has 0 atom stereocenters. The van der Waals surface area contributed by atoms with Gasteiger partial charge in [0, 0.05) is 12.1 Å². The Morgan fingerprint density at radius 2 is 1.71 bits per heavy atom. The molecule has 0 heterocycles. The van der Waals surface area contributed by atoms with E-state index >= 15 is 0 Å². The highest BCUT2D eigenvalue weighted by molar-refractivity contribution is 7.80. The fourth-order valence-electron chi connectivity index (χ4n) is 2.52. The lowest BCUT2D eigenvalue weighted by atomic mass is 9.86. The van der Waals surface area contributed by atoms with Crippen LogP contribution in [0.25, 0.3) is 11.1 Å². The molecule has 0 amide bonds. The third-order valence-electron chi connectivity index (χ3n) is 3.90. The smallest absolute Gasteiger partial charge is 0.163 e. The minimum atomic E-state index is 0.158. The van der Waals surface area contributed by atoms with Gasteiger partial charge in [0.1, 0.15) is 5.75 Å². The molecule has 0 saturated carbocycles. The SMILES string of the molecule is CCOc1cc(-c2ccc(C(C)(C)C)cc2)ccc1CNC(N)=S. The van der Waals surface area contributed by atoms with E-state index in [9.17, 15) is 0 Å². The van der Waals surface area contributed by atoms with Gasteiger partial charge in [-0.05, 0) is 47.3 Å². The lowest BCUT2D eigenvalue weighted by molar-refractivity contribution is 0.336. The van der Waals surface area contributed by atoms with Gasteiger partial charge in [-0.2, -0.15) is 0 Å². The van der Waals surface area contributed by atoms with Crippen molar-refractivity contribution in [1.82, 2.24) is 5.32 Å². The summed E-state index contributed by atoms with van der Waals surface area (Å²) in [6.07, 6.45) is 0. The van der Waals surface area contributed by atoms with Crippen LogP contribution in [0.1, 0.15) is 38.8 Å². The second-order valence-corrected chi connectivity index (χ2v) is 7.24. The van der Waals surface area contributed by atoms with Crippen molar-refractivity contribution >= 4 is 17.3 Å². The molecule has 0 bridgehead atoms. The molecule has 0 aliphatic rings. The zero-order valence-electron chi connectivity index (χ0n) is 14.8. The molecule has 0 saturated heterocycles.